The second-order valence-corrected chi connectivity index (χ2v) is 8.27. The van der Waals surface area contributed by atoms with Crippen molar-refractivity contribution in [1.82, 2.24) is 5.43 Å². The van der Waals surface area contributed by atoms with Crippen LogP contribution in [-0.4, -0.2) is 38.7 Å². The molecule has 0 unspecified atom stereocenters. The number of amides is 1. The van der Waals surface area contributed by atoms with Crippen LogP contribution in [-0.2, 0) is 14.6 Å². The molecule has 1 atom stereocenters. The maximum atomic E-state index is 11.8. The Morgan fingerprint density at radius 2 is 2.12 bits per heavy atom. The number of sulfone groups is 1. The van der Waals surface area contributed by atoms with Gasteiger partial charge in [0.2, 0.25) is 5.91 Å². The van der Waals surface area contributed by atoms with E-state index in [9.17, 15) is 13.2 Å². The molecule has 1 aromatic rings. The average Bonchev–Trinajstić information content (AvgIpc) is 2.88. The maximum Gasteiger partial charge on any atom is 0.240 e. The predicted octanol–water partition coefficient (Wildman–Crippen LogP) is 2.14. The Hall–Kier alpha value is -1.89. The van der Waals surface area contributed by atoms with E-state index in [4.69, 9.17) is 4.74 Å². The van der Waals surface area contributed by atoms with Crippen molar-refractivity contribution in [2.24, 2.45) is 11.0 Å². The molecule has 1 saturated heterocycles. The summed E-state index contributed by atoms with van der Waals surface area (Å²) in [7, 11) is -2.95. The zero-order chi connectivity index (χ0) is 17.4. The highest BCUT2D eigenvalue weighted by molar-refractivity contribution is 7.91. The molecular formula is C17H24N2O4S. The minimum Gasteiger partial charge on any atom is -0.494 e. The number of nitrogens with one attached hydrogen (secondary N) is 1. The summed E-state index contributed by atoms with van der Waals surface area (Å²) in [6, 6.07) is 7.45. The fraction of sp³-hybridized carbons (Fsp3) is 0.529. The first kappa shape index (κ1) is 18.4. The van der Waals surface area contributed by atoms with E-state index < -0.39 is 9.84 Å². The van der Waals surface area contributed by atoms with Gasteiger partial charge in [0, 0.05) is 6.42 Å². The molecule has 2 rings (SSSR count). The first-order valence-electron chi connectivity index (χ1n) is 8.23. The SMILES string of the molecule is CCCCOc1ccc(/C=N\NC(=O)C[C@@H]2CCS(=O)(=O)C2)cc1. The second-order valence-electron chi connectivity index (χ2n) is 6.04. The highest BCUT2D eigenvalue weighted by Crippen LogP contribution is 2.21. The molecule has 0 saturated carbocycles. The fourth-order valence-electron chi connectivity index (χ4n) is 2.50. The summed E-state index contributed by atoms with van der Waals surface area (Å²) in [5, 5.41) is 3.91. The van der Waals surface area contributed by atoms with Crippen LogP contribution < -0.4 is 10.2 Å². The number of hydrogen-bond donors (Lipinski definition) is 1. The summed E-state index contributed by atoms with van der Waals surface area (Å²) in [6.07, 6.45) is 4.42. The monoisotopic (exact) mass is 352 g/mol. The first-order valence-corrected chi connectivity index (χ1v) is 10.1. The van der Waals surface area contributed by atoms with Gasteiger partial charge in [-0.2, -0.15) is 5.10 Å². The molecule has 1 aromatic carbocycles. The lowest BCUT2D eigenvalue weighted by atomic mass is 10.1. The van der Waals surface area contributed by atoms with Gasteiger partial charge < -0.3 is 4.74 Å². The summed E-state index contributed by atoms with van der Waals surface area (Å²) in [5.74, 6) is 0.745. The van der Waals surface area contributed by atoms with E-state index in [1.165, 1.54) is 0 Å². The van der Waals surface area contributed by atoms with Gasteiger partial charge in [0.25, 0.3) is 0 Å². The van der Waals surface area contributed by atoms with Gasteiger partial charge in [-0.15, -0.1) is 0 Å². The third kappa shape index (κ3) is 6.31. The van der Waals surface area contributed by atoms with E-state index in [0.29, 0.717) is 13.0 Å². The van der Waals surface area contributed by atoms with Crippen molar-refractivity contribution in [3.05, 3.63) is 29.8 Å². The normalized spacial score (nSPS) is 19.5. The molecule has 0 radical (unpaired) electrons. The number of carbonyl (C=O) groups excluding carboxylic acids is 1. The van der Waals surface area contributed by atoms with E-state index in [1.54, 1.807) is 6.21 Å². The second kappa shape index (κ2) is 8.82. The third-order valence-electron chi connectivity index (χ3n) is 3.85. The Bertz CT molecular complexity index is 668. The zero-order valence-electron chi connectivity index (χ0n) is 13.9. The highest BCUT2D eigenvalue weighted by atomic mass is 32.2. The molecule has 0 spiro atoms. The van der Waals surface area contributed by atoms with Gasteiger partial charge in [-0.3, -0.25) is 4.79 Å². The molecular weight excluding hydrogens is 328 g/mol. The van der Waals surface area contributed by atoms with Crippen LogP contribution in [0.2, 0.25) is 0 Å². The number of benzene rings is 1. The van der Waals surface area contributed by atoms with E-state index >= 15 is 0 Å². The molecule has 7 heteroatoms. The van der Waals surface area contributed by atoms with Crippen LogP contribution >= 0.6 is 0 Å². The number of carbonyl (C=O) groups is 1. The standard InChI is InChI=1S/C17H24N2O4S/c1-2-3-9-23-16-6-4-14(5-7-16)12-18-19-17(20)11-15-8-10-24(21,22)13-15/h4-7,12,15H,2-3,8-11,13H2,1H3,(H,19,20)/b18-12-/t15-/m0/s1. The quantitative estimate of drug-likeness (QED) is 0.441. The lowest BCUT2D eigenvalue weighted by molar-refractivity contribution is -0.121. The molecule has 1 aliphatic heterocycles. The van der Waals surface area contributed by atoms with Crippen LogP contribution in [0.5, 0.6) is 5.75 Å². The number of nitrogens with zero attached hydrogens (tertiary/aromatic N) is 1. The Balaban J connectivity index is 1.74. The molecule has 1 amide bonds. The van der Waals surface area contributed by atoms with Crippen molar-refractivity contribution in [3.8, 4) is 5.75 Å². The van der Waals surface area contributed by atoms with Gasteiger partial charge in [-0.05, 0) is 48.6 Å². The van der Waals surface area contributed by atoms with Gasteiger partial charge >= 0.3 is 0 Å². The van der Waals surface area contributed by atoms with Crippen LogP contribution in [0.1, 0.15) is 38.2 Å². The molecule has 1 N–H and O–H groups in total. The number of hydrogen-bond acceptors (Lipinski definition) is 5. The predicted molar refractivity (Wildman–Crippen MR) is 94.0 cm³/mol. The smallest absolute Gasteiger partial charge is 0.240 e. The fourth-order valence-corrected chi connectivity index (χ4v) is 4.37. The first-order chi connectivity index (χ1) is 11.5. The Morgan fingerprint density at radius 1 is 1.38 bits per heavy atom. The van der Waals surface area contributed by atoms with Gasteiger partial charge in [-0.1, -0.05) is 13.3 Å². The Labute approximate surface area is 143 Å². The Kier molecular flexibility index (Phi) is 6.78. The van der Waals surface area contributed by atoms with E-state index in [0.717, 1.165) is 24.2 Å². The van der Waals surface area contributed by atoms with Crippen molar-refractivity contribution >= 4 is 22.0 Å². The molecule has 0 bridgehead atoms. The van der Waals surface area contributed by atoms with Crippen molar-refractivity contribution in [1.29, 1.82) is 0 Å². The summed E-state index contributed by atoms with van der Waals surface area (Å²) in [6.45, 7) is 2.82. The number of rotatable bonds is 8. The number of unbranched alkanes of at least 4 members (excludes halogenated alkanes) is 1. The maximum absolute atomic E-state index is 11.8. The highest BCUT2D eigenvalue weighted by Gasteiger charge is 2.29. The molecule has 24 heavy (non-hydrogen) atoms. The van der Waals surface area contributed by atoms with E-state index in [2.05, 4.69) is 17.5 Å². The minimum atomic E-state index is -2.95. The number of hydrazone groups is 1. The van der Waals surface area contributed by atoms with Crippen LogP contribution in [0.3, 0.4) is 0 Å². The lowest BCUT2D eigenvalue weighted by Gasteiger charge is -2.06. The van der Waals surface area contributed by atoms with Crippen molar-refractivity contribution < 1.29 is 17.9 Å². The van der Waals surface area contributed by atoms with Crippen LogP contribution in [0, 0.1) is 5.92 Å². The van der Waals surface area contributed by atoms with Gasteiger partial charge in [-0.25, -0.2) is 13.8 Å². The molecule has 0 aromatic heterocycles. The third-order valence-corrected chi connectivity index (χ3v) is 5.69. The summed E-state index contributed by atoms with van der Waals surface area (Å²) in [5.41, 5.74) is 3.30. The molecule has 1 heterocycles. The van der Waals surface area contributed by atoms with E-state index in [1.807, 2.05) is 24.3 Å². The Morgan fingerprint density at radius 3 is 2.75 bits per heavy atom. The van der Waals surface area contributed by atoms with Crippen LogP contribution in [0.15, 0.2) is 29.4 Å². The summed E-state index contributed by atoms with van der Waals surface area (Å²) < 4.78 is 28.3. The molecule has 132 valence electrons. The largest absolute Gasteiger partial charge is 0.494 e. The van der Waals surface area contributed by atoms with Gasteiger partial charge in [0.15, 0.2) is 9.84 Å². The van der Waals surface area contributed by atoms with Crippen molar-refractivity contribution in [2.45, 2.75) is 32.6 Å². The molecule has 1 aliphatic rings. The zero-order valence-corrected chi connectivity index (χ0v) is 14.7. The molecule has 1 fully saturated rings. The topological polar surface area (TPSA) is 84.8 Å². The van der Waals surface area contributed by atoms with Crippen LogP contribution in [0.4, 0.5) is 0 Å². The number of ether oxygens (including phenoxy) is 1. The summed E-state index contributed by atoms with van der Waals surface area (Å²) in [4.78, 5) is 11.8. The average molecular weight is 352 g/mol. The van der Waals surface area contributed by atoms with Crippen molar-refractivity contribution in [3.63, 3.8) is 0 Å². The van der Waals surface area contributed by atoms with Gasteiger partial charge in [0.05, 0.1) is 24.3 Å². The molecule has 0 aliphatic carbocycles. The summed E-state index contributed by atoms with van der Waals surface area (Å²) >= 11 is 0. The molecule has 6 nitrogen and oxygen atoms in total. The van der Waals surface area contributed by atoms with E-state index in [-0.39, 0.29) is 29.8 Å². The van der Waals surface area contributed by atoms with Crippen LogP contribution in [0.25, 0.3) is 0 Å². The van der Waals surface area contributed by atoms with Gasteiger partial charge in [0.1, 0.15) is 5.75 Å². The van der Waals surface area contributed by atoms with Crippen molar-refractivity contribution in [2.75, 3.05) is 18.1 Å². The minimum absolute atomic E-state index is 0.0928. The lowest BCUT2D eigenvalue weighted by Crippen LogP contribution is -2.21.